The third-order valence-electron chi connectivity index (χ3n) is 16.0. The SMILES string of the molecule is NCCCCCC1=CCC(C2CCC(C3C=CC(C4CC(C5=CCCC=C5)CC(C5=CC=CCC5)C4)C4C=CCCC34)CC2)C2CCCCC12. The van der Waals surface area contributed by atoms with Crippen molar-refractivity contribution in [1.29, 1.82) is 0 Å². The van der Waals surface area contributed by atoms with Gasteiger partial charge in [0.15, 0.2) is 0 Å². The molecule has 0 aromatic carbocycles. The Bertz CT molecular complexity index is 1340. The van der Waals surface area contributed by atoms with E-state index >= 15 is 0 Å². The number of unbranched alkanes of at least 4 members (excludes halogenated alkanes) is 2. The van der Waals surface area contributed by atoms with Gasteiger partial charge in [0.2, 0.25) is 0 Å². The van der Waals surface area contributed by atoms with Gasteiger partial charge >= 0.3 is 0 Å². The molecule has 0 radical (unpaired) electrons. The van der Waals surface area contributed by atoms with Crippen LogP contribution in [0.4, 0.5) is 0 Å². The number of nitrogens with two attached hydrogens (primary N) is 1. The predicted molar refractivity (Wildman–Crippen MR) is 213 cm³/mol. The number of fused-ring (bicyclic) bond motifs is 2. The lowest BCUT2D eigenvalue weighted by Crippen LogP contribution is -2.42. The quantitative estimate of drug-likeness (QED) is 0.181. The lowest BCUT2D eigenvalue weighted by molar-refractivity contribution is 0.0565. The first-order chi connectivity index (χ1) is 24.8. The van der Waals surface area contributed by atoms with Crippen molar-refractivity contribution in [2.24, 2.45) is 76.7 Å². The minimum absolute atomic E-state index is 0.740. The van der Waals surface area contributed by atoms with Gasteiger partial charge in [0.1, 0.15) is 0 Å². The molecular weight excluding hydrogens is 603 g/mol. The van der Waals surface area contributed by atoms with Crippen molar-refractivity contribution in [3.63, 3.8) is 0 Å². The molecular formula is C49H71N. The van der Waals surface area contributed by atoms with Gasteiger partial charge in [0.05, 0.1) is 0 Å². The molecule has 8 aliphatic rings. The summed E-state index contributed by atoms with van der Waals surface area (Å²) in [4.78, 5) is 0. The summed E-state index contributed by atoms with van der Waals surface area (Å²) in [5.41, 5.74) is 11.1. The number of allylic oxidation sites excluding steroid dienone is 14. The Hall–Kier alpha value is -1.86. The molecule has 2 N–H and O–H groups in total. The highest BCUT2D eigenvalue weighted by atomic mass is 14.5. The van der Waals surface area contributed by atoms with E-state index in [1.807, 2.05) is 5.57 Å². The minimum atomic E-state index is 0.740. The van der Waals surface area contributed by atoms with Gasteiger partial charge in [0, 0.05) is 0 Å². The van der Waals surface area contributed by atoms with E-state index in [2.05, 4.69) is 66.8 Å². The van der Waals surface area contributed by atoms with E-state index in [1.165, 1.54) is 141 Å². The van der Waals surface area contributed by atoms with Crippen LogP contribution < -0.4 is 5.73 Å². The third-order valence-corrected chi connectivity index (χ3v) is 16.0. The topological polar surface area (TPSA) is 26.0 Å². The molecule has 3 fully saturated rings. The molecule has 0 saturated heterocycles. The Morgan fingerprint density at radius 1 is 0.600 bits per heavy atom. The lowest BCUT2D eigenvalue weighted by Gasteiger charge is -2.50. The van der Waals surface area contributed by atoms with Gasteiger partial charge in [-0.05, 0) is 205 Å². The Morgan fingerprint density at radius 3 is 2.30 bits per heavy atom. The van der Waals surface area contributed by atoms with Crippen molar-refractivity contribution in [2.45, 2.75) is 141 Å². The second-order valence-corrected chi connectivity index (χ2v) is 18.5. The fourth-order valence-electron chi connectivity index (χ4n) is 13.6. The molecule has 8 aliphatic carbocycles. The van der Waals surface area contributed by atoms with Crippen LogP contribution in [-0.2, 0) is 0 Å². The fraction of sp³-hybridized carbons (Fsp3) is 0.714. The van der Waals surface area contributed by atoms with Gasteiger partial charge in [0.25, 0.3) is 0 Å². The first-order valence-corrected chi connectivity index (χ1v) is 22.2. The summed E-state index contributed by atoms with van der Waals surface area (Å²) >= 11 is 0. The Morgan fingerprint density at radius 2 is 1.46 bits per heavy atom. The van der Waals surface area contributed by atoms with E-state index in [9.17, 15) is 0 Å². The first kappa shape index (κ1) is 35.2. The standard InChI is InChI=1S/C49H71N/c50-31-13-3-8-18-37-27-28-44(47-20-10-9-19-43(37)47)38-23-25-39(26-24-38)45-29-30-46(49-22-12-11-21-48(45)49)42-33-40(35-14-4-1-5-15-35)32-41(34-42)36-16-6-2-7-17-36/h1,4,6,12,14,16-17,22,27,29-30,38-49H,2-3,5,7-11,13,15,18-21,23-26,28,31-34,50H2. The molecule has 8 rings (SSSR count). The fourth-order valence-corrected chi connectivity index (χ4v) is 13.6. The van der Waals surface area contributed by atoms with Gasteiger partial charge in [-0.2, -0.15) is 0 Å². The van der Waals surface area contributed by atoms with Crippen molar-refractivity contribution in [3.05, 3.63) is 83.6 Å². The van der Waals surface area contributed by atoms with Crippen LogP contribution in [0.25, 0.3) is 0 Å². The van der Waals surface area contributed by atoms with Gasteiger partial charge in [-0.25, -0.2) is 0 Å². The summed E-state index contributed by atoms with van der Waals surface area (Å²) in [5, 5.41) is 0. The van der Waals surface area contributed by atoms with Crippen LogP contribution in [0.1, 0.15) is 141 Å². The second kappa shape index (κ2) is 16.9. The van der Waals surface area contributed by atoms with E-state index < -0.39 is 0 Å². The largest absolute Gasteiger partial charge is 0.330 e. The molecule has 1 heteroatoms. The zero-order valence-corrected chi connectivity index (χ0v) is 31.6. The van der Waals surface area contributed by atoms with Gasteiger partial charge < -0.3 is 5.73 Å². The summed E-state index contributed by atoms with van der Waals surface area (Å²) in [6.45, 7) is 0.861. The highest BCUT2D eigenvalue weighted by Gasteiger charge is 2.46. The second-order valence-electron chi connectivity index (χ2n) is 18.5. The van der Waals surface area contributed by atoms with E-state index in [0.717, 1.165) is 77.6 Å². The number of hydrogen-bond donors (Lipinski definition) is 1. The maximum absolute atomic E-state index is 5.81. The minimum Gasteiger partial charge on any atom is -0.330 e. The maximum Gasteiger partial charge on any atom is -0.00773 e. The van der Waals surface area contributed by atoms with Crippen molar-refractivity contribution in [3.8, 4) is 0 Å². The van der Waals surface area contributed by atoms with Crippen molar-refractivity contribution in [1.82, 2.24) is 0 Å². The van der Waals surface area contributed by atoms with E-state index in [1.54, 1.807) is 11.1 Å². The van der Waals surface area contributed by atoms with E-state index in [0.29, 0.717) is 0 Å². The molecule has 0 amide bonds. The number of rotatable bonds is 10. The summed E-state index contributed by atoms with van der Waals surface area (Å²) < 4.78 is 0. The summed E-state index contributed by atoms with van der Waals surface area (Å²) in [5.74, 6) is 10.3. The molecule has 1 nitrogen and oxygen atoms in total. The molecule has 3 saturated carbocycles. The van der Waals surface area contributed by atoms with Crippen LogP contribution in [0, 0.1) is 71.0 Å². The molecule has 0 aromatic rings. The van der Waals surface area contributed by atoms with Crippen LogP contribution in [0.2, 0.25) is 0 Å². The van der Waals surface area contributed by atoms with Crippen LogP contribution >= 0.6 is 0 Å². The lowest BCUT2D eigenvalue weighted by atomic mass is 9.55. The van der Waals surface area contributed by atoms with E-state index in [-0.39, 0.29) is 0 Å². The number of hydrogen-bond acceptors (Lipinski definition) is 1. The molecule has 0 aliphatic heterocycles. The van der Waals surface area contributed by atoms with Crippen LogP contribution in [0.5, 0.6) is 0 Å². The highest BCUT2D eigenvalue weighted by molar-refractivity contribution is 5.29. The molecule has 0 spiro atoms. The third kappa shape index (κ3) is 7.75. The zero-order valence-electron chi connectivity index (χ0n) is 31.6. The average molecular weight is 674 g/mol. The summed E-state index contributed by atoms with van der Waals surface area (Å²) in [7, 11) is 0. The van der Waals surface area contributed by atoms with Crippen molar-refractivity contribution < 1.29 is 0 Å². The first-order valence-electron chi connectivity index (χ1n) is 22.2. The van der Waals surface area contributed by atoms with Gasteiger partial charge in [-0.3, -0.25) is 0 Å². The molecule has 50 heavy (non-hydrogen) atoms. The predicted octanol–water partition coefficient (Wildman–Crippen LogP) is 13.0. The van der Waals surface area contributed by atoms with Crippen molar-refractivity contribution in [2.75, 3.05) is 6.54 Å². The molecule has 0 bridgehead atoms. The van der Waals surface area contributed by atoms with Gasteiger partial charge in [-0.15, -0.1) is 0 Å². The molecule has 0 aromatic heterocycles. The normalized spacial score (nSPS) is 41.5. The Balaban J connectivity index is 0.943. The van der Waals surface area contributed by atoms with Crippen LogP contribution in [0.3, 0.4) is 0 Å². The molecule has 272 valence electrons. The molecule has 0 heterocycles. The molecule has 10 atom stereocenters. The summed E-state index contributed by atoms with van der Waals surface area (Å²) in [6, 6.07) is 0. The monoisotopic (exact) mass is 674 g/mol. The Labute approximate surface area is 307 Å². The van der Waals surface area contributed by atoms with Crippen LogP contribution in [-0.4, -0.2) is 6.54 Å². The van der Waals surface area contributed by atoms with Crippen molar-refractivity contribution >= 4 is 0 Å². The zero-order chi connectivity index (χ0) is 33.7. The van der Waals surface area contributed by atoms with E-state index in [4.69, 9.17) is 5.73 Å². The Kier molecular flexibility index (Phi) is 11.9. The average Bonchev–Trinajstić information content (AvgIpc) is 3.19. The highest BCUT2D eigenvalue weighted by Crippen LogP contribution is 2.56. The smallest absolute Gasteiger partial charge is 0.00773 e. The van der Waals surface area contributed by atoms with Crippen LogP contribution in [0.15, 0.2) is 83.6 Å². The van der Waals surface area contributed by atoms with Gasteiger partial charge in [-0.1, -0.05) is 97.2 Å². The maximum atomic E-state index is 5.81. The molecule has 10 unspecified atom stereocenters. The summed E-state index contributed by atoms with van der Waals surface area (Å²) in [6.07, 6.45) is 59.2.